The van der Waals surface area contributed by atoms with Crippen molar-refractivity contribution in [3.63, 3.8) is 0 Å². The molecule has 4 atom stereocenters. The van der Waals surface area contributed by atoms with E-state index in [-0.39, 0.29) is 19.8 Å². The molecule has 0 spiro atoms. The maximum Gasteiger partial charge on any atom is 0.140 e. The van der Waals surface area contributed by atoms with Crippen LogP contribution in [-0.2, 0) is 27.4 Å². The van der Waals surface area contributed by atoms with Crippen molar-refractivity contribution in [2.75, 3.05) is 27.4 Å². The van der Waals surface area contributed by atoms with Crippen molar-refractivity contribution in [1.29, 1.82) is 0 Å². The normalized spacial score (nSPS) is 20.7. The maximum absolute atomic E-state index is 12.0. The fourth-order valence-electron chi connectivity index (χ4n) is 6.51. The van der Waals surface area contributed by atoms with Crippen LogP contribution in [0.4, 0.5) is 0 Å². The number of benzene rings is 6. The van der Waals surface area contributed by atoms with Crippen LogP contribution in [0.1, 0.15) is 22.8 Å². The fourth-order valence-corrected chi connectivity index (χ4v) is 6.51. The van der Waals surface area contributed by atoms with Crippen LogP contribution >= 0.6 is 0 Å². The average Bonchev–Trinajstić information content (AvgIpc) is 3.41. The lowest BCUT2D eigenvalue weighted by Crippen LogP contribution is -2.50. The van der Waals surface area contributed by atoms with Gasteiger partial charge in [0.25, 0.3) is 0 Å². The van der Waals surface area contributed by atoms with E-state index in [9.17, 15) is 10.2 Å². The second-order valence-electron chi connectivity index (χ2n) is 11.8. The van der Waals surface area contributed by atoms with E-state index in [4.69, 9.17) is 23.7 Å². The summed E-state index contributed by atoms with van der Waals surface area (Å²) in [5, 5.41) is 30.6. The standard InChI is InChI=1S/C38H36O7/c1-41-29-14-6-24(7-15-29)20-43-22-38(40)23-45-36(37(38)44-21-25-8-16-30(42-2)17-9-25)35(39)32-19-13-28-11-10-26-4-3-5-27-12-18-31(32)34(28)33(26)27/h3-19,35-37,39-40H,20-23H2,1-2H3/t35-,36+,37+,38+/m1/s1. The van der Waals surface area contributed by atoms with E-state index >= 15 is 0 Å². The molecular formula is C38H36O7. The maximum atomic E-state index is 12.0. The Morgan fingerprint density at radius 3 is 1.96 bits per heavy atom. The van der Waals surface area contributed by atoms with Gasteiger partial charge in [0.1, 0.15) is 35.4 Å². The van der Waals surface area contributed by atoms with Gasteiger partial charge in [0.05, 0.1) is 40.6 Å². The summed E-state index contributed by atoms with van der Waals surface area (Å²) in [7, 11) is 3.25. The van der Waals surface area contributed by atoms with Gasteiger partial charge in [0.2, 0.25) is 0 Å². The number of ether oxygens (including phenoxy) is 5. The highest BCUT2D eigenvalue weighted by Gasteiger charge is 2.53. The summed E-state index contributed by atoms with van der Waals surface area (Å²) in [5.41, 5.74) is 1.08. The lowest BCUT2D eigenvalue weighted by atomic mass is 9.87. The first-order valence-corrected chi connectivity index (χ1v) is 15.1. The third kappa shape index (κ3) is 5.58. The van der Waals surface area contributed by atoms with Gasteiger partial charge in [0.15, 0.2) is 0 Å². The highest BCUT2D eigenvalue weighted by atomic mass is 16.6. The summed E-state index contributed by atoms with van der Waals surface area (Å²) in [5.74, 6) is 1.51. The molecule has 0 unspecified atom stereocenters. The molecule has 0 saturated carbocycles. The number of methoxy groups -OCH3 is 2. The number of hydrogen-bond acceptors (Lipinski definition) is 7. The molecule has 1 heterocycles. The Hall–Kier alpha value is -4.24. The van der Waals surface area contributed by atoms with Crippen LogP contribution < -0.4 is 9.47 Å². The summed E-state index contributed by atoms with van der Waals surface area (Å²) < 4.78 is 29.2. The van der Waals surface area contributed by atoms with E-state index in [1.807, 2.05) is 60.7 Å². The van der Waals surface area contributed by atoms with Gasteiger partial charge >= 0.3 is 0 Å². The highest BCUT2D eigenvalue weighted by molar-refractivity contribution is 6.23. The zero-order chi connectivity index (χ0) is 31.0. The molecule has 230 valence electrons. The monoisotopic (exact) mass is 604 g/mol. The van der Waals surface area contributed by atoms with Gasteiger partial charge in [-0.2, -0.15) is 0 Å². The van der Waals surface area contributed by atoms with Crippen LogP contribution in [-0.4, -0.2) is 55.5 Å². The molecule has 6 aromatic carbocycles. The Morgan fingerprint density at radius 1 is 0.733 bits per heavy atom. The molecule has 45 heavy (non-hydrogen) atoms. The van der Waals surface area contributed by atoms with Gasteiger partial charge in [0, 0.05) is 0 Å². The lowest BCUT2D eigenvalue weighted by molar-refractivity contribution is -0.141. The van der Waals surface area contributed by atoms with E-state index in [0.29, 0.717) is 6.61 Å². The van der Waals surface area contributed by atoms with E-state index in [1.54, 1.807) is 14.2 Å². The smallest absolute Gasteiger partial charge is 0.140 e. The van der Waals surface area contributed by atoms with Gasteiger partial charge in [-0.05, 0) is 73.3 Å². The molecule has 0 bridgehead atoms. The van der Waals surface area contributed by atoms with Crippen molar-refractivity contribution in [2.24, 2.45) is 0 Å². The minimum Gasteiger partial charge on any atom is -0.497 e. The molecule has 1 aliphatic rings. The summed E-state index contributed by atoms with van der Waals surface area (Å²) in [6.07, 6.45) is -2.77. The van der Waals surface area contributed by atoms with Crippen molar-refractivity contribution in [3.8, 4) is 11.5 Å². The minimum atomic E-state index is -1.49. The zero-order valence-electron chi connectivity index (χ0n) is 25.3. The van der Waals surface area contributed by atoms with Gasteiger partial charge in [-0.25, -0.2) is 0 Å². The van der Waals surface area contributed by atoms with Crippen molar-refractivity contribution in [2.45, 2.75) is 37.1 Å². The van der Waals surface area contributed by atoms with Gasteiger partial charge in [-0.1, -0.05) is 78.9 Å². The molecular weight excluding hydrogens is 568 g/mol. The average molecular weight is 605 g/mol. The first kappa shape index (κ1) is 29.5. The van der Waals surface area contributed by atoms with Crippen molar-refractivity contribution < 1.29 is 33.9 Å². The third-order valence-electron chi connectivity index (χ3n) is 8.91. The van der Waals surface area contributed by atoms with E-state index in [0.717, 1.165) is 55.1 Å². The minimum absolute atomic E-state index is 0.0337. The fraction of sp³-hybridized carbons (Fsp3) is 0.263. The first-order chi connectivity index (χ1) is 22.0. The molecule has 7 nitrogen and oxygen atoms in total. The largest absolute Gasteiger partial charge is 0.497 e. The van der Waals surface area contributed by atoms with Gasteiger partial charge in [-0.3, -0.25) is 0 Å². The number of aliphatic hydroxyl groups excluding tert-OH is 1. The number of aliphatic hydroxyl groups is 2. The quantitative estimate of drug-likeness (QED) is 0.162. The van der Waals surface area contributed by atoms with Crippen LogP contribution in [0.15, 0.2) is 103 Å². The van der Waals surface area contributed by atoms with Crippen LogP contribution in [0, 0.1) is 0 Å². The van der Waals surface area contributed by atoms with Crippen molar-refractivity contribution in [1.82, 2.24) is 0 Å². The molecule has 0 aliphatic carbocycles. The highest BCUT2D eigenvalue weighted by Crippen LogP contribution is 2.42. The van der Waals surface area contributed by atoms with Crippen LogP contribution in [0.25, 0.3) is 32.3 Å². The Morgan fingerprint density at radius 2 is 1.31 bits per heavy atom. The second kappa shape index (κ2) is 12.3. The summed E-state index contributed by atoms with van der Waals surface area (Å²) in [6, 6.07) is 33.8. The van der Waals surface area contributed by atoms with E-state index in [1.165, 1.54) is 5.39 Å². The summed E-state index contributed by atoms with van der Waals surface area (Å²) >= 11 is 0. The molecule has 7 rings (SSSR count). The number of rotatable bonds is 11. The molecule has 0 radical (unpaired) electrons. The molecule has 1 aliphatic heterocycles. The Balaban J connectivity index is 1.18. The lowest BCUT2D eigenvalue weighted by Gasteiger charge is -2.32. The molecule has 1 saturated heterocycles. The first-order valence-electron chi connectivity index (χ1n) is 15.1. The second-order valence-corrected chi connectivity index (χ2v) is 11.8. The third-order valence-corrected chi connectivity index (χ3v) is 8.91. The topological polar surface area (TPSA) is 86.6 Å². The Kier molecular flexibility index (Phi) is 8.04. The number of hydrogen-bond donors (Lipinski definition) is 2. The predicted molar refractivity (Wildman–Crippen MR) is 174 cm³/mol. The summed E-state index contributed by atoms with van der Waals surface area (Å²) in [4.78, 5) is 0. The SMILES string of the molecule is COc1ccc(COC[C@]2(O)CO[C@@H]([C@H](O)c3ccc4ccc5cccc6ccc3c4c56)[C@@H]2OCc2ccc(OC)cc2)cc1. The predicted octanol–water partition coefficient (Wildman–Crippen LogP) is 6.57. The Bertz CT molecular complexity index is 1890. The van der Waals surface area contributed by atoms with Crippen molar-refractivity contribution in [3.05, 3.63) is 120 Å². The molecule has 1 fully saturated rings. The van der Waals surface area contributed by atoms with Gasteiger partial charge in [-0.15, -0.1) is 0 Å². The van der Waals surface area contributed by atoms with E-state index < -0.39 is 23.9 Å². The summed E-state index contributed by atoms with van der Waals surface area (Å²) in [6.45, 7) is 0.421. The molecule has 7 heteroatoms. The van der Waals surface area contributed by atoms with Crippen LogP contribution in [0.5, 0.6) is 11.5 Å². The van der Waals surface area contributed by atoms with Gasteiger partial charge < -0.3 is 33.9 Å². The van der Waals surface area contributed by atoms with E-state index in [2.05, 4.69) is 42.5 Å². The molecule has 0 amide bonds. The molecule has 0 aromatic heterocycles. The van der Waals surface area contributed by atoms with Crippen LogP contribution in [0.2, 0.25) is 0 Å². The van der Waals surface area contributed by atoms with Crippen LogP contribution in [0.3, 0.4) is 0 Å². The van der Waals surface area contributed by atoms with Crippen molar-refractivity contribution >= 4 is 32.3 Å². The Labute approximate surface area is 261 Å². The zero-order valence-corrected chi connectivity index (χ0v) is 25.3. The molecule has 6 aromatic rings. The molecule has 2 N–H and O–H groups in total.